The number of benzene rings is 2. The second-order valence-electron chi connectivity index (χ2n) is 7.55. The SMILES string of the molecule is CC[C@H](C(=O)NCC(C)C)N(Cc1ccc(Cl)c(Cl)c1)C(=O)COc1ccccc1F. The quantitative estimate of drug-likeness (QED) is 0.528. The molecule has 168 valence electrons. The van der Waals surface area contributed by atoms with Gasteiger partial charge >= 0.3 is 0 Å². The number of para-hydroxylation sites is 1. The molecule has 0 bridgehead atoms. The predicted octanol–water partition coefficient (Wildman–Crippen LogP) is 5.09. The summed E-state index contributed by atoms with van der Waals surface area (Å²) in [7, 11) is 0. The summed E-state index contributed by atoms with van der Waals surface area (Å²) in [6, 6.07) is 10.2. The fourth-order valence-corrected chi connectivity index (χ4v) is 3.28. The Labute approximate surface area is 192 Å². The van der Waals surface area contributed by atoms with E-state index in [4.69, 9.17) is 27.9 Å². The highest BCUT2D eigenvalue weighted by atomic mass is 35.5. The minimum absolute atomic E-state index is 0.0253. The monoisotopic (exact) mass is 468 g/mol. The van der Waals surface area contributed by atoms with Crippen molar-refractivity contribution in [2.24, 2.45) is 5.92 Å². The average molecular weight is 469 g/mol. The molecule has 31 heavy (non-hydrogen) atoms. The molecule has 0 aromatic heterocycles. The topological polar surface area (TPSA) is 58.6 Å². The van der Waals surface area contributed by atoms with Crippen LogP contribution in [0.1, 0.15) is 32.8 Å². The van der Waals surface area contributed by atoms with Crippen molar-refractivity contribution in [1.82, 2.24) is 10.2 Å². The number of carbonyl (C=O) groups is 2. The molecule has 0 fully saturated rings. The van der Waals surface area contributed by atoms with Crippen molar-refractivity contribution in [2.45, 2.75) is 39.8 Å². The number of rotatable bonds is 10. The molecule has 0 radical (unpaired) electrons. The number of ether oxygens (including phenoxy) is 1. The van der Waals surface area contributed by atoms with E-state index in [1.54, 1.807) is 24.3 Å². The molecule has 2 aromatic carbocycles. The van der Waals surface area contributed by atoms with Crippen molar-refractivity contribution in [2.75, 3.05) is 13.2 Å². The van der Waals surface area contributed by atoms with Crippen LogP contribution in [-0.4, -0.2) is 35.9 Å². The van der Waals surface area contributed by atoms with E-state index in [9.17, 15) is 14.0 Å². The Bertz CT molecular complexity index is 908. The number of nitrogens with zero attached hydrogens (tertiary/aromatic N) is 1. The summed E-state index contributed by atoms with van der Waals surface area (Å²) in [5.74, 6) is -1.02. The lowest BCUT2D eigenvalue weighted by Crippen LogP contribution is -2.50. The zero-order valence-corrected chi connectivity index (χ0v) is 19.3. The zero-order valence-electron chi connectivity index (χ0n) is 17.8. The summed E-state index contributed by atoms with van der Waals surface area (Å²) in [5.41, 5.74) is 0.712. The largest absolute Gasteiger partial charge is 0.481 e. The standard InChI is InChI=1S/C23H27Cl2FN2O3/c1-4-20(23(30)27-12-15(2)3)28(13-16-9-10-17(24)18(25)11-16)22(29)14-31-21-8-6-5-7-19(21)26/h5-11,15,20H,4,12-14H2,1-3H3,(H,27,30)/t20-/m1/s1. The van der Waals surface area contributed by atoms with Crippen LogP contribution in [0.15, 0.2) is 42.5 Å². The molecule has 0 saturated heterocycles. The van der Waals surface area contributed by atoms with E-state index in [0.717, 1.165) is 0 Å². The first-order chi connectivity index (χ1) is 14.7. The minimum Gasteiger partial charge on any atom is -0.481 e. The lowest BCUT2D eigenvalue weighted by atomic mass is 10.1. The molecule has 0 aliphatic carbocycles. The maximum Gasteiger partial charge on any atom is 0.261 e. The van der Waals surface area contributed by atoms with E-state index < -0.39 is 24.4 Å². The number of nitrogens with one attached hydrogen (secondary N) is 1. The van der Waals surface area contributed by atoms with Crippen LogP contribution in [0.25, 0.3) is 0 Å². The molecule has 0 spiro atoms. The third kappa shape index (κ3) is 7.40. The van der Waals surface area contributed by atoms with Crippen LogP contribution >= 0.6 is 23.2 Å². The highest BCUT2D eigenvalue weighted by Crippen LogP contribution is 2.24. The van der Waals surface area contributed by atoms with Gasteiger partial charge in [0.15, 0.2) is 18.2 Å². The van der Waals surface area contributed by atoms with Crippen molar-refractivity contribution in [3.63, 3.8) is 0 Å². The van der Waals surface area contributed by atoms with Crippen molar-refractivity contribution in [1.29, 1.82) is 0 Å². The maximum absolute atomic E-state index is 13.9. The molecule has 0 saturated carbocycles. The first kappa shape index (κ1) is 25.0. The number of amides is 2. The molecule has 0 unspecified atom stereocenters. The van der Waals surface area contributed by atoms with Gasteiger partial charge in [-0.3, -0.25) is 9.59 Å². The second kappa shape index (κ2) is 11.9. The van der Waals surface area contributed by atoms with Gasteiger partial charge in [-0.05, 0) is 42.2 Å². The highest BCUT2D eigenvalue weighted by molar-refractivity contribution is 6.42. The van der Waals surface area contributed by atoms with Crippen LogP contribution < -0.4 is 10.1 Å². The number of hydrogen-bond donors (Lipinski definition) is 1. The van der Waals surface area contributed by atoms with Gasteiger partial charge in [-0.2, -0.15) is 0 Å². The van der Waals surface area contributed by atoms with Crippen LogP contribution in [0.4, 0.5) is 4.39 Å². The lowest BCUT2D eigenvalue weighted by molar-refractivity contribution is -0.143. The third-order valence-electron chi connectivity index (χ3n) is 4.60. The van der Waals surface area contributed by atoms with E-state index in [0.29, 0.717) is 28.6 Å². The molecule has 5 nitrogen and oxygen atoms in total. The van der Waals surface area contributed by atoms with Gasteiger partial charge < -0.3 is 15.0 Å². The second-order valence-corrected chi connectivity index (χ2v) is 8.37. The fraction of sp³-hybridized carbons (Fsp3) is 0.391. The molecule has 0 aliphatic rings. The lowest BCUT2D eigenvalue weighted by Gasteiger charge is -2.31. The van der Waals surface area contributed by atoms with Gasteiger partial charge in [-0.15, -0.1) is 0 Å². The van der Waals surface area contributed by atoms with Crippen molar-refractivity contribution in [3.05, 3.63) is 63.9 Å². The number of carbonyl (C=O) groups excluding carboxylic acids is 2. The Balaban J connectivity index is 2.24. The fourth-order valence-electron chi connectivity index (χ4n) is 2.96. The number of halogens is 3. The molecule has 1 N–H and O–H groups in total. The van der Waals surface area contributed by atoms with E-state index >= 15 is 0 Å². The molecule has 2 rings (SSSR count). The molecular weight excluding hydrogens is 442 g/mol. The van der Waals surface area contributed by atoms with E-state index in [1.165, 1.54) is 23.1 Å². The van der Waals surface area contributed by atoms with Crippen molar-refractivity contribution >= 4 is 35.0 Å². The molecule has 0 heterocycles. The molecule has 1 atom stereocenters. The first-order valence-electron chi connectivity index (χ1n) is 10.1. The molecular formula is C23H27Cl2FN2O3. The predicted molar refractivity (Wildman–Crippen MR) is 121 cm³/mol. The van der Waals surface area contributed by atoms with Gasteiger partial charge in [0.05, 0.1) is 10.0 Å². The molecule has 2 amide bonds. The highest BCUT2D eigenvalue weighted by Gasteiger charge is 2.29. The van der Waals surface area contributed by atoms with Crippen LogP contribution in [0, 0.1) is 11.7 Å². The zero-order chi connectivity index (χ0) is 23.0. The van der Waals surface area contributed by atoms with Gasteiger partial charge in [0.2, 0.25) is 5.91 Å². The van der Waals surface area contributed by atoms with Gasteiger partial charge in [0, 0.05) is 13.1 Å². The summed E-state index contributed by atoms with van der Waals surface area (Å²) in [4.78, 5) is 27.3. The molecule has 2 aromatic rings. The minimum atomic E-state index is -0.718. The average Bonchev–Trinajstić information content (AvgIpc) is 2.73. The first-order valence-corrected chi connectivity index (χ1v) is 10.9. The van der Waals surface area contributed by atoms with Gasteiger partial charge in [0.1, 0.15) is 6.04 Å². The summed E-state index contributed by atoms with van der Waals surface area (Å²) in [6.45, 7) is 6.02. The van der Waals surface area contributed by atoms with E-state index in [1.807, 2.05) is 20.8 Å². The van der Waals surface area contributed by atoms with Crippen LogP contribution in [0.2, 0.25) is 10.0 Å². The summed E-state index contributed by atoms with van der Waals surface area (Å²) in [6.07, 6.45) is 0.399. The summed E-state index contributed by atoms with van der Waals surface area (Å²) in [5, 5.41) is 3.63. The summed E-state index contributed by atoms with van der Waals surface area (Å²) >= 11 is 12.1. The third-order valence-corrected chi connectivity index (χ3v) is 5.33. The van der Waals surface area contributed by atoms with E-state index in [2.05, 4.69) is 5.32 Å². The van der Waals surface area contributed by atoms with Crippen LogP contribution in [0.5, 0.6) is 5.75 Å². The van der Waals surface area contributed by atoms with Crippen LogP contribution in [-0.2, 0) is 16.1 Å². The van der Waals surface area contributed by atoms with Gasteiger partial charge in [-0.1, -0.05) is 62.2 Å². The Morgan fingerprint density at radius 3 is 2.45 bits per heavy atom. The smallest absolute Gasteiger partial charge is 0.261 e. The van der Waals surface area contributed by atoms with Gasteiger partial charge in [-0.25, -0.2) is 4.39 Å². The van der Waals surface area contributed by atoms with Gasteiger partial charge in [0.25, 0.3) is 5.91 Å². The number of hydrogen-bond acceptors (Lipinski definition) is 3. The Morgan fingerprint density at radius 2 is 1.84 bits per heavy atom. The van der Waals surface area contributed by atoms with Crippen molar-refractivity contribution in [3.8, 4) is 5.75 Å². The summed E-state index contributed by atoms with van der Waals surface area (Å²) < 4.78 is 19.2. The maximum atomic E-state index is 13.9. The normalized spacial score (nSPS) is 11.8. The Morgan fingerprint density at radius 1 is 1.13 bits per heavy atom. The Kier molecular flexibility index (Phi) is 9.59. The van der Waals surface area contributed by atoms with E-state index in [-0.39, 0.29) is 24.1 Å². The molecule has 8 heteroatoms. The van der Waals surface area contributed by atoms with Crippen LogP contribution in [0.3, 0.4) is 0 Å². The van der Waals surface area contributed by atoms with Crippen molar-refractivity contribution < 1.29 is 18.7 Å². The Hall–Kier alpha value is -2.31. The molecule has 0 aliphatic heterocycles.